The van der Waals surface area contributed by atoms with E-state index >= 15 is 0 Å². The van der Waals surface area contributed by atoms with Gasteiger partial charge < -0.3 is 10.3 Å². The van der Waals surface area contributed by atoms with Gasteiger partial charge in [0, 0.05) is 28.7 Å². The van der Waals surface area contributed by atoms with Crippen molar-refractivity contribution < 1.29 is 4.79 Å². The maximum atomic E-state index is 12.2. The number of thiazole rings is 1. The maximum Gasteiger partial charge on any atom is 0.253 e. The van der Waals surface area contributed by atoms with Crippen molar-refractivity contribution in [2.45, 2.75) is 33.7 Å². The summed E-state index contributed by atoms with van der Waals surface area (Å²) in [5.41, 5.74) is 5.11. The molecule has 0 aliphatic heterocycles. The van der Waals surface area contributed by atoms with Gasteiger partial charge in [-0.1, -0.05) is 29.8 Å². The van der Waals surface area contributed by atoms with Crippen LogP contribution in [0.1, 0.15) is 28.1 Å². The van der Waals surface area contributed by atoms with E-state index in [0.717, 1.165) is 27.5 Å². The molecule has 0 aliphatic carbocycles. The zero-order valence-electron chi connectivity index (χ0n) is 15.1. The average Bonchev–Trinajstić information content (AvgIpc) is 3.03. The van der Waals surface area contributed by atoms with Crippen LogP contribution >= 0.6 is 11.3 Å². The predicted octanol–water partition coefficient (Wildman–Crippen LogP) is 3.28. The number of hydrogen-bond acceptors (Lipinski definition) is 4. The van der Waals surface area contributed by atoms with Crippen molar-refractivity contribution in [3.05, 3.63) is 74.1 Å². The first kappa shape index (κ1) is 18.1. The van der Waals surface area contributed by atoms with Crippen molar-refractivity contribution in [3.8, 4) is 10.6 Å². The molecule has 2 aromatic heterocycles. The van der Waals surface area contributed by atoms with Crippen LogP contribution in [0, 0.1) is 20.8 Å². The van der Waals surface area contributed by atoms with E-state index in [1.54, 1.807) is 0 Å². The number of H-pyrrole nitrogens is 1. The molecular formula is C20H21N3O2S. The minimum Gasteiger partial charge on any atom is -0.351 e. The molecule has 6 heteroatoms. The van der Waals surface area contributed by atoms with Gasteiger partial charge in [0.05, 0.1) is 12.1 Å². The molecule has 0 spiro atoms. The molecule has 2 N–H and O–H groups in total. The van der Waals surface area contributed by atoms with Crippen molar-refractivity contribution in [1.29, 1.82) is 0 Å². The summed E-state index contributed by atoms with van der Waals surface area (Å²) in [7, 11) is 0. The molecular weight excluding hydrogens is 346 g/mol. The van der Waals surface area contributed by atoms with Crippen LogP contribution in [0.5, 0.6) is 0 Å². The smallest absolute Gasteiger partial charge is 0.253 e. The highest BCUT2D eigenvalue weighted by atomic mass is 32.1. The van der Waals surface area contributed by atoms with Crippen molar-refractivity contribution in [1.82, 2.24) is 15.3 Å². The molecule has 0 radical (unpaired) electrons. The number of pyridine rings is 1. The minimum atomic E-state index is -0.155. The zero-order chi connectivity index (χ0) is 18.7. The van der Waals surface area contributed by atoms with E-state index in [1.165, 1.54) is 16.9 Å². The lowest BCUT2D eigenvalue weighted by atomic mass is 10.1. The quantitative estimate of drug-likeness (QED) is 0.727. The van der Waals surface area contributed by atoms with Gasteiger partial charge in [0.1, 0.15) is 5.01 Å². The zero-order valence-corrected chi connectivity index (χ0v) is 15.9. The maximum absolute atomic E-state index is 12.2. The second-order valence-electron chi connectivity index (χ2n) is 6.41. The molecule has 0 fully saturated rings. The van der Waals surface area contributed by atoms with Crippen LogP contribution in [0.25, 0.3) is 10.6 Å². The summed E-state index contributed by atoms with van der Waals surface area (Å²) in [6.07, 6.45) is 0.200. The fraction of sp³-hybridized carbons (Fsp3) is 0.250. The van der Waals surface area contributed by atoms with Gasteiger partial charge in [-0.2, -0.15) is 0 Å². The van der Waals surface area contributed by atoms with E-state index in [2.05, 4.69) is 15.3 Å². The summed E-state index contributed by atoms with van der Waals surface area (Å²) in [5, 5.41) is 5.61. The van der Waals surface area contributed by atoms with Crippen LogP contribution in [0.15, 0.2) is 40.5 Å². The van der Waals surface area contributed by atoms with E-state index in [9.17, 15) is 9.59 Å². The number of nitrogens with one attached hydrogen (secondary N) is 2. The van der Waals surface area contributed by atoms with Crippen LogP contribution in [0.4, 0.5) is 0 Å². The van der Waals surface area contributed by atoms with Crippen molar-refractivity contribution in [2.75, 3.05) is 0 Å². The van der Waals surface area contributed by atoms with Crippen LogP contribution in [0.2, 0.25) is 0 Å². The first-order chi connectivity index (χ1) is 12.4. The molecule has 1 amide bonds. The predicted molar refractivity (Wildman–Crippen MR) is 104 cm³/mol. The molecule has 5 nitrogen and oxygen atoms in total. The van der Waals surface area contributed by atoms with Crippen molar-refractivity contribution in [3.63, 3.8) is 0 Å². The largest absolute Gasteiger partial charge is 0.351 e. The third-order valence-corrected chi connectivity index (χ3v) is 5.09. The van der Waals surface area contributed by atoms with Gasteiger partial charge in [0.25, 0.3) is 5.56 Å². The minimum absolute atomic E-state index is 0.148. The first-order valence-corrected chi connectivity index (χ1v) is 9.28. The Hall–Kier alpha value is -2.73. The Kier molecular flexibility index (Phi) is 5.32. The lowest BCUT2D eigenvalue weighted by Crippen LogP contribution is -2.29. The van der Waals surface area contributed by atoms with Crippen LogP contribution in [-0.4, -0.2) is 15.9 Å². The summed E-state index contributed by atoms with van der Waals surface area (Å²) in [6.45, 7) is 5.97. The average molecular weight is 367 g/mol. The summed E-state index contributed by atoms with van der Waals surface area (Å²) in [4.78, 5) is 31.5. The Bertz CT molecular complexity index is 987. The van der Waals surface area contributed by atoms with E-state index in [0.29, 0.717) is 5.56 Å². The van der Waals surface area contributed by atoms with Gasteiger partial charge >= 0.3 is 0 Å². The molecule has 0 bridgehead atoms. The number of nitrogens with zero attached hydrogens (tertiary/aromatic N) is 1. The second kappa shape index (κ2) is 7.66. The van der Waals surface area contributed by atoms with Crippen molar-refractivity contribution in [2.24, 2.45) is 0 Å². The normalized spacial score (nSPS) is 10.7. The molecule has 1 aromatic carbocycles. The highest BCUT2D eigenvalue weighted by molar-refractivity contribution is 7.13. The van der Waals surface area contributed by atoms with Gasteiger partial charge in [0.2, 0.25) is 5.91 Å². The summed E-state index contributed by atoms with van der Waals surface area (Å²) in [5.74, 6) is -0.148. The third kappa shape index (κ3) is 4.26. The molecule has 0 aliphatic rings. The lowest BCUT2D eigenvalue weighted by Gasteiger charge is -2.07. The van der Waals surface area contributed by atoms with E-state index in [4.69, 9.17) is 0 Å². The first-order valence-electron chi connectivity index (χ1n) is 8.40. The van der Waals surface area contributed by atoms with Gasteiger partial charge in [-0.25, -0.2) is 4.98 Å². The third-order valence-electron chi connectivity index (χ3n) is 4.15. The number of aryl methyl sites for hydroxylation is 3. The fourth-order valence-corrected chi connectivity index (χ4v) is 3.56. The molecule has 0 saturated carbocycles. The topological polar surface area (TPSA) is 74.8 Å². The number of rotatable bonds is 5. The number of amides is 1. The summed E-state index contributed by atoms with van der Waals surface area (Å²) >= 11 is 1.53. The molecule has 134 valence electrons. The van der Waals surface area contributed by atoms with E-state index < -0.39 is 0 Å². The molecule has 3 rings (SSSR count). The molecule has 0 atom stereocenters. The van der Waals surface area contributed by atoms with E-state index in [1.807, 2.05) is 56.5 Å². The lowest BCUT2D eigenvalue weighted by molar-refractivity contribution is -0.120. The Morgan fingerprint density at radius 3 is 2.62 bits per heavy atom. The molecule has 3 aromatic rings. The summed E-state index contributed by atoms with van der Waals surface area (Å²) < 4.78 is 0. The Morgan fingerprint density at radius 1 is 1.19 bits per heavy atom. The Morgan fingerprint density at radius 2 is 1.92 bits per heavy atom. The number of benzene rings is 1. The number of carbonyl (C=O) groups excluding carboxylic acids is 1. The van der Waals surface area contributed by atoms with E-state index in [-0.39, 0.29) is 24.4 Å². The number of carbonyl (C=O) groups is 1. The number of aromatic nitrogens is 2. The molecule has 2 heterocycles. The molecule has 0 saturated heterocycles. The molecule has 0 unspecified atom stereocenters. The SMILES string of the molecule is Cc1ccc(-c2nc(CC(=O)NCc3c(C)cc(C)[nH]c3=O)cs2)cc1. The highest BCUT2D eigenvalue weighted by Gasteiger charge is 2.11. The van der Waals surface area contributed by atoms with Crippen LogP contribution in [-0.2, 0) is 17.8 Å². The van der Waals surface area contributed by atoms with Gasteiger partial charge in [0.15, 0.2) is 0 Å². The Balaban J connectivity index is 1.62. The summed E-state index contributed by atoms with van der Waals surface area (Å²) in [6, 6.07) is 10.1. The Labute approximate surface area is 156 Å². The highest BCUT2D eigenvalue weighted by Crippen LogP contribution is 2.24. The van der Waals surface area contributed by atoms with Crippen molar-refractivity contribution >= 4 is 17.2 Å². The van der Waals surface area contributed by atoms with Gasteiger partial charge in [-0.3, -0.25) is 9.59 Å². The van der Waals surface area contributed by atoms with Gasteiger partial charge in [-0.05, 0) is 32.4 Å². The van der Waals surface area contributed by atoms with Crippen LogP contribution < -0.4 is 10.9 Å². The standard InChI is InChI=1S/C20H21N3O2S/c1-12-4-6-15(7-5-12)20-23-16(11-26-20)9-18(24)21-10-17-13(2)8-14(3)22-19(17)25/h4-8,11H,9-10H2,1-3H3,(H,21,24)(H,22,25). The fourth-order valence-electron chi connectivity index (χ4n) is 2.73. The van der Waals surface area contributed by atoms with Gasteiger partial charge in [-0.15, -0.1) is 11.3 Å². The number of hydrogen-bond donors (Lipinski definition) is 2. The molecule has 26 heavy (non-hydrogen) atoms. The van der Waals surface area contributed by atoms with Crippen LogP contribution in [0.3, 0.4) is 0 Å². The monoisotopic (exact) mass is 367 g/mol. The number of aromatic amines is 1. The second-order valence-corrected chi connectivity index (χ2v) is 7.26.